The van der Waals surface area contributed by atoms with E-state index in [4.69, 9.17) is 4.42 Å². The van der Waals surface area contributed by atoms with Crippen molar-refractivity contribution >= 4 is 23.6 Å². The van der Waals surface area contributed by atoms with Gasteiger partial charge in [-0.1, -0.05) is 11.8 Å². The van der Waals surface area contributed by atoms with Crippen molar-refractivity contribution in [2.45, 2.75) is 31.1 Å². The van der Waals surface area contributed by atoms with Crippen molar-refractivity contribution in [3.05, 3.63) is 36.0 Å². The van der Waals surface area contributed by atoms with Crippen LogP contribution in [0.2, 0.25) is 0 Å². The fraction of sp³-hybridized carbons (Fsp3) is 0.500. The summed E-state index contributed by atoms with van der Waals surface area (Å²) < 4.78 is 7.55. The van der Waals surface area contributed by atoms with Gasteiger partial charge in [-0.25, -0.2) is 4.98 Å². The molecule has 2 aromatic heterocycles. The number of carbonyl (C=O) groups excluding carboxylic acids is 2. The van der Waals surface area contributed by atoms with Crippen molar-refractivity contribution in [3.8, 4) is 0 Å². The van der Waals surface area contributed by atoms with Gasteiger partial charge in [0.15, 0.2) is 5.16 Å². The van der Waals surface area contributed by atoms with Crippen molar-refractivity contribution < 1.29 is 14.0 Å². The first-order valence-corrected chi connectivity index (χ1v) is 9.95. The molecule has 3 heterocycles. The van der Waals surface area contributed by atoms with Crippen molar-refractivity contribution in [2.75, 3.05) is 25.4 Å². The van der Waals surface area contributed by atoms with Gasteiger partial charge >= 0.3 is 0 Å². The summed E-state index contributed by atoms with van der Waals surface area (Å²) in [6.45, 7) is 4.21. The number of thioether (sulfide) groups is 1. The smallest absolute Gasteiger partial charge is 0.237 e. The molecule has 0 aromatic carbocycles. The summed E-state index contributed by atoms with van der Waals surface area (Å²) >= 11 is 1.58. The maximum Gasteiger partial charge on any atom is 0.237 e. The van der Waals surface area contributed by atoms with E-state index in [0.717, 1.165) is 22.4 Å². The van der Waals surface area contributed by atoms with E-state index in [1.807, 2.05) is 41.8 Å². The van der Waals surface area contributed by atoms with Crippen molar-refractivity contribution in [3.63, 3.8) is 0 Å². The maximum absolute atomic E-state index is 12.3. The molecule has 1 fully saturated rings. The molecule has 1 atom stereocenters. The van der Waals surface area contributed by atoms with Gasteiger partial charge in [-0.15, -0.1) is 0 Å². The molecular weight excluding hydrogens is 366 g/mol. The number of amides is 2. The van der Waals surface area contributed by atoms with Gasteiger partial charge < -0.3 is 19.6 Å². The van der Waals surface area contributed by atoms with Crippen molar-refractivity contribution in [1.82, 2.24) is 25.1 Å². The summed E-state index contributed by atoms with van der Waals surface area (Å²) in [5, 5.41) is 6.65. The first-order chi connectivity index (χ1) is 13.0. The molecule has 1 aliphatic heterocycles. The quantitative estimate of drug-likeness (QED) is 0.514. The lowest BCUT2D eigenvalue weighted by Crippen LogP contribution is -2.56. The number of rotatable bonds is 8. The third-order valence-electron chi connectivity index (χ3n) is 4.41. The number of imidazole rings is 1. The fourth-order valence-corrected chi connectivity index (χ4v) is 3.80. The second kappa shape index (κ2) is 9.09. The number of aromatic nitrogens is 2. The van der Waals surface area contributed by atoms with Crippen LogP contribution in [-0.2, 0) is 23.2 Å². The average Bonchev–Trinajstić information content (AvgIpc) is 3.23. The van der Waals surface area contributed by atoms with Crippen LogP contribution in [0, 0.1) is 6.92 Å². The zero-order valence-electron chi connectivity index (χ0n) is 15.6. The normalized spacial score (nSPS) is 17.7. The molecule has 9 heteroatoms. The van der Waals surface area contributed by atoms with Crippen LogP contribution in [0.1, 0.15) is 17.9 Å². The van der Waals surface area contributed by atoms with Gasteiger partial charge in [0.2, 0.25) is 11.8 Å². The number of hydrogen-bond donors (Lipinski definition) is 2. The first-order valence-electron chi connectivity index (χ1n) is 8.97. The average molecular weight is 391 g/mol. The monoisotopic (exact) mass is 391 g/mol. The summed E-state index contributed by atoms with van der Waals surface area (Å²) in [5.41, 5.74) is 0. The minimum Gasteiger partial charge on any atom is -0.465 e. The van der Waals surface area contributed by atoms with Crippen molar-refractivity contribution in [1.29, 1.82) is 0 Å². The number of nitrogens with zero attached hydrogens (tertiary/aromatic N) is 3. The summed E-state index contributed by atoms with van der Waals surface area (Å²) in [4.78, 5) is 30.8. The lowest BCUT2D eigenvalue weighted by Gasteiger charge is -2.34. The summed E-state index contributed by atoms with van der Waals surface area (Å²) in [7, 11) is 1.94. The van der Waals surface area contributed by atoms with Gasteiger partial charge in [-0.2, -0.15) is 0 Å². The van der Waals surface area contributed by atoms with Gasteiger partial charge in [-0.3, -0.25) is 14.5 Å². The molecular formula is C18H25N5O3S. The van der Waals surface area contributed by atoms with E-state index >= 15 is 0 Å². The molecule has 2 aromatic rings. The summed E-state index contributed by atoms with van der Waals surface area (Å²) in [6.07, 6.45) is 3.77. The lowest BCUT2D eigenvalue weighted by molar-refractivity contribution is -0.134. The van der Waals surface area contributed by atoms with E-state index in [9.17, 15) is 9.59 Å². The fourth-order valence-electron chi connectivity index (χ4n) is 3.02. The maximum atomic E-state index is 12.3. The molecule has 2 N–H and O–H groups in total. The standard InChI is InChI=1S/C18H25N5O3S/c1-13-3-4-14(26-13)12-23-9-6-20-17(25)15(23)11-16(24)19-7-10-27-18-21-5-8-22(18)2/h3-5,8,15H,6-7,9-12H2,1-2H3,(H,19,24)(H,20,25)/t15-/m1/s1. The van der Waals surface area contributed by atoms with Crippen LogP contribution in [0.15, 0.2) is 34.1 Å². The Morgan fingerprint density at radius 2 is 2.33 bits per heavy atom. The van der Waals surface area contributed by atoms with E-state index < -0.39 is 6.04 Å². The second-order valence-electron chi connectivity index (χ2n) is 6.51. The molecule has 1 aliphatic rings. The van der Waals surface area contributed by atoms with Crippen LogP contribution in [0.25, 0.3) is 0 Å². The Labute approximate surface area is 162 Å². The third-order valence-corrected chi connectivity index (χ3v) is 5.47. The third kappa shape index (κ3) is 5.36. The Morgan fingerprint density at radius 1 is 1.48 bits per heavy atom. The Bertz CT molecular complexity index is 788. The highest BCUT2D eigenvalue weighted by Gasteiger charge is 2.32. The van der Waals surface area contributed by atoms with E-state index in [2.05, 4.69) is 15.6 Å². The molecule has 0 bridgehead atoms. The SMILES string of the molecule is Cc1ccc(CN2CCNC(=O)[C@H]2CC(=O)NCCSc2nccn2C)o1. The molecule has 0 unspecified atom stereocenters. The molecule has 0 aliphatic carbocycles. The lowest BCUT2D eigenvalue weighted by atomic mass is 10.1. The minimum absolute atomic E-state index is 0.109. The molecule has 3 rings (SSSR count). The van der Waals surface area contributed by atoms with E-state index in [1.54, 1.807) is 18.0 Å². The van der Waals surface area contributed by atoms with Crippen LogP contribution in [-0.4, -0.2) is 57.7 Å². The van der Waals surface area contributed by atoms with Gasteiger partial charge in [0.05, 0.1) is 19.0 Å². The highest BCUT2D eigenvalue weighted by Crippen LogP contribution is 2.16. The zero-order chi connectivity index (χ0) is 19.2. The Kier molecular flexibility index (Phi) is 6.57. The number of hydrogen-bond acceptors (Lipinski definition) is 6. The van der Waals surface area contributed by atoms with Gasteiger partial charge in [0.25, 0.3) is 0 Å². The number of aryl methyl sites for hydroxylation is 2. The molecule has 0 radical (unpaired) electrons. The van der Waals surface area contributed by atoms with Crippen molar-refractivity contribution in [2.24, 2.45) is 7.05 Å². The highest BCUT2D eigenvalue weighted by molar-refractivity contribution is 7.99. The zero-order valence-corrected chi connectivity index (χ0v) is 16.4. The Hall–Kier alpha value is -2.26. The van der Waals surface area contributed by atoms with Crippen LogP contribution in [0.3, 0.4) is 0 Å². The first kappa shape index (κ1) is 19.5. The largest absolute Gasteiger partial charge is 0.465 e. The van der Waals surface area contributed by atoms with E-state index in [-0.39, 0.29) is 18.2 Å². The van der Waals surface area contributed by atoms with Crippen LogP contribution < -0.4 is 10.6 Å². The van der Waals surface area contributed by atoms with Crippen LogP contribution in [0.4, 0.5) is 0 Å². The number of nitrogens with one attached hydrogen (secondary N) is 2. The summed E-state index contributed by atoms with van der Waals surface area (Å²) in [6, 6.07) is 3.33. The predicted molar refractivity (Wildman–Crippen MR) is 102 cm³/mol. The predicted octanol–water partition coefficient (Wildman–Crippen LogP) is 0.921. The number of furan rings is 1. The van der Waals surface area contributed by atoms with E-state index in [0.29, 0.717) is 26.2 Å². The van der Waals surface area contributed by atoms with E-state index in [1.165, 1.54) is 0 Å². The summed E-state index contributed by atoms with van der Waals surface area (Å²) in [5.74, 6) is 2.13. The highest BCUT2D eigenvalue weighted by atomic mass is 32.2. The molecule has 8 nitrogen and oxygen atoms in total. The number of piperazine rings is 1. The van der Waals surface area contributed by atoms with Gasteiger partial charge in [0.1, 0.15) is 11.5 Å². The molecule has 0 saturated carbocycles. The molecule has 0 spiro atoms. The molecule has 1 saturated heterocycles. The van der Waals surface area contributed by atoms with Gasteiger partial charge in [0, 0.05) is 44.8 Å². The minimum atomic E-state index is -0.480. The topological polar surface area (TPSA) is 92.4 Å². The van der Waals surface area contributed by atoms with Crippen LogP contribution >= 0.6 is 11.8 Å². The van der Waals surface area contributed by atoms with Crippen LogP contribution in [0.5, 0.6) is 0 Å². The molecule has 27 heavy (non-hydrogen) atoms. The number of carbonyl (C=O) groups is 2. The Morgan fingerprint density at radius 3 is 3.04 bits per heavy atom. The Balaban J connectivity index is 1.47. The molecule has 146 valence electrons. The molecule has 2 amide bonds. The second-order valence-corrected chi connectivity index (χ2v) is 7.57. The van der Waals surface area contributed by atoms with Gasteiger partial charge in [-0.05, 0) is 19.1 Å².